The van der Waals surface area contributed by atoms with Gasteiger partial charge in [-0.15, -0.1) is 10.2 Å². The molecule has 0 aliphatic heterocycles. The Morgan fingerprint density at radius 2 is 2.33 bits per heavy atom. The van der Waals surface area contributed by atoms with Crippen LogP contribution in [0, 0.1) is 0 Å². The molecule has 0 radical (unpaired) electrons. The van der Waals surface area contributed by atoms with Crippen LogP contribution in [-0.2, 0) is 6.54 Å². The van der Waals surface area contributed by atoms with E-state index in [4.69, 9.17) is 5.84 Å². The SMILES string of the molecule is CN(Cc1cn[nH]c1)C(=O)c1ccc(NN)nn1. The molecule has 0 spiro atoms. The van der Waals surface area contributed by atoms with Crippen molar-refractivity contribution in [3.05, 3.63) is 35.8 Å². The van der Waals surface area contributed by atoms with Gasteiger partial charge in [-0.2, -0.15) is 5.10 Å². The number of nitrogens with one attached hydrogen (secondary N) is 2. The van der Waals surface area contributed by atoms with E-state index in [9.17, 15) is 4.79 Å². The normalized spacial score (nSPS) is 10.1. The van der Waals surface area contributed by atoms with Crippen LogP contribution >= 0.6 is 0 Å². The lowest BCUT2D eigenvalue weighted by molar-refractivity contribution is 0.0778. The second-order valence-electron chi connectivity index (χ2n) is 3.72. The maximum atomic E-state index is 12.0. The number of nitrogen functional groups attached to an aromatic ring is 1. The molecular formula is C10H13N7O. The summed E-state index contributed by atoms with van der Waals surface area (Å²) in [6.07, 6.45) is 3.40. The first kappa shape index (κ1) is 12.0. The molecule has 0 saturated heterocycles. The Kier molecular flexibility index (Phi) is 3.49. The minimum absolute atomic E-state index is 0.215. The maximum Gasteiger partial charge on any atom is 0.274 e. The Balaban J connectivity index is 2.05. The van der Waals surface area contributed by atoms with E-state index in [2.05, 4.69) is 25.8 Å². The molecule has 8 nitrogen and oxygen atoms in total. The lowest BCUT2D eigenvalue weighted by Gasteiger charge is -2.15. The first-order chi connectivity index (χ1) is 8.70. The van der Waals surface area contributed by atoms with Gasteiger partial charge >= 0.3 is 0 Å². The van der Waals surface area contributed by atoms with E-state index in [1.54, 1.807) is 31.6 Å². The minimum Gasteiger partial charge on any atom is -0.336 e. The Labute approximate surface area is 103 Å². The molecule has 2 rings (SSSR count). The third-order valence-electron chi connectivity index (χ3n) is 2.35. The van der Waals surface area contributed by atoms with Crippen LogP contribution in [0.2, 0.25) is 0 Å². The zero-order chi connectivity index (χ0) is 13.0. The molecule has 0 aliphatic rings. The van der Waals surface area contributed by atoms with E-state index in [0.717, 1.165) is 5.56 Å². The van der Waals surface area contributed by atoms with Crippen molar-refractivity contribution in [2.45, 2.75) is 6.54 Å². The number of aromatic amines is 1. The van der Waals surface area contributed by atoms with E-state index in [1.165, 1.54) is 4.90 Å². The molecule has 0 fully saturated rings. The molecule has 0 aromatic carbocycles. The molecule has 0 saturated carbocycles. The van der Waals surface area contributed by atoms with Gasteiger partial charge in [0.1, 0.15) is 0 Å². The fourth-order valence-electron chi connectivity index (χ4n) is 1.43. The summed E-state index contributed by atoms with van der Waals surface area (Å²) in [4.78, 5) is 13.5. The van der Waals surface area contributed by atoms with Gasteiger partial charge in [-0.25, -0.2) is 5.84 Å². The molecule has 2 aromatic rings. The summed E-state index contributed by atoms with van der Waals surface area (Å²) >= 11 is 0. The average molecular weight is 247 g/mol. The summed E-state index contributed by atoms with van der Waals surface area (Å²) in [5.74, 6) is 5.36. The van der Waals surface area contributed by atoms with E-state index in [0.29, 0.717) is 12.4 Å². The largest absolute Gasteiger partial charge is 0.336 e. The molecule has 8 heteroatoms. The molecule has 0 bridgehead atoms. The van der Waals surface area contributed by atoms with Gasteiger partial charge in [0.15, 0.2) is 11.5 Å². The number of hydrogen-bond donors (Lipinski definition) is 3. The highest BCUT2D eigenvalue weighted by Gasteiger charge is 2.14. The average Bonchev–Trinajstić information content (AvgIpc) is 2.91. The number of H-pyrrole nitrogens is 1. The molecule has 4 N–H and O–H groups in total. The van der Waals surface area contributed by atoms with Crippen LogP contribution < -0.4 is 11.3 Å². The van der Waals surface area contributed by atoms with Crippen LogP contribution in [0.1, 0.15) is 16.1 Å². The van der Waals surface area contributed by atoms with Gasteiger partial charge in [-0.05, 0) is 12.1 Å². The number of carbonyl (C=O) groups is 1. The van der Waals surface area contributed by atoms with Gasteiger partial charge in [-0.3, -0.25) is 9.89 Å². The molecule has 0 aliphatic carbocycles. The van der Waals surface area contributed by atoms with Gasteiger partial charge in [0.2, 0.25) is 0 Å². The van der Waals surface area contributed by atoms with Gasteiger partial charge in [0, 0.05) is 25.4 Å². The lowest BCUT2D eigenvalue weighted by Crippen LogP contribution is -2.27. The van der Waals surface area contributed by atoms with E-state index < -0.39 is 0 Å². The second kappa shape index (κ2) is 5.23. The van der Waals surface area contributed by atoms with Crippen molar-refractivity contribution in [3.63, 3.8) is 0 Å². The molecule has 2 heterocycles. The fraction of sp³-hybridized carbons (Fsp3) is 0.200. The van der Waals surface area contributed by atoms with Crippen LogP contribution in [0.4, 0.5) is 5.82 Å². The summed E-state index contributed by atoms with van der Waals surface area (Å²) < 4.78 is 0. The summed E-state index contributed by atoms with van der Waals surface area (Å²) in [7, 11) is 1.69. The van der Waals surface area contributed by atoms with E-state index in [-0.39, 0.29) is 11.6 Å². The molecular weight excluding hydrogens is 234 g/mol. The second-order valence-corrected chi connectivity index (χ2v) is 3.72. The molecule has 0 atom stereocenters. The Morgan fingerprint density at radius 1 is 1.50 bits per heavy atom. The van der Waals surface area contributed by atoms with Crippen molar-refractivity contribution in [2.24, 2.45) is 5.84 Å². The molecule has 2 aromatic heterocycles. The number of nitrogens with two attached hydrogens (primary N) is 1. The molecule has 18 heavy (non-hydrogen) atoms. The number of hydrogen-bond acceptors (Lipinski definition) is 6. The zero-order valence-electron chi connectivity index (χ0n) is 9.79. The Hall–Kier alpha value is -2.48. The number of anilines is 1. The number of carbonyl (C=O) groups excluding carboxylic acids is 1. The molecule has 94 valence electrons. The zero-order valence-corrected chi connectivity index (χ0v) is 9.79. The summed E-state index contributed by atoms with van der Waals surface area (Å²) in [6.45, 7) is 0.452. The highest BCUT2D eigenvalue weighted by molar-refractivity contribution is 5.92. The van der Waals surface area contributed by atoms with Crippen LogP contribution in [0.3, 0.4) is 0 Å². The third-order valence-corrected chi connectivity index (χ3v) is 2.35. The van der Waals surface area contributed by atoms with Crippen molar-refractivity contribution < 1.29 is 4.79 Å². The van der Waals surface area contributed by atoms with Crippen LogP contribution in [0.5, 0.6) is 0 Å². The van der Waals surface area contributed by atoms with Gasteiger partial charge < -0.3 is 10.3 Å². The fourth-order valence-corrected chi connectivity index (χ4v) is 1.43. The van der Waals surface area contributed by atoms with Crippen LogP contribution in [0.25, 0.3) is 0 Å². The van der Waals surface area contributed by atoms with Crippen molar-refractivity contribution in [2.75, 3.05) is 12.5 Å². The standard InChI is InChI=1S/C10H13N7O/c1-17(6-7-4-12-13-5-7)10(18)8-2-3-9(14-11)16-15-8/h2-5H,6,11H2,1H3,(H,12,13)(H,14,16). The topological polar surface area (TPSA) is 113 Å². The van der Waals surface area contributed by atoms with Crippen LogP contribution in [0.15, 0.2) is 24.5 Å². The monoisotopic (exact) mass is 247 g/mol. The third kappa shape index (κ3) is 2.61. The smallest absolute Gasteiger partial charge is 0.274 e. The summed E-state index contributed by atoms with van der Waals surface area (Å²) in [5.41, 5.74) is 3.53. The highest BCUT2D eigenvalue weighted by Crippen LogP contribution is 2.06. The number of nitrogens with zero attached hydrogens (tertiary/aromatic N) is 4. The predicted molar refractivity (Wildman–Crippen MR) is 64.2 cm³/mol. The van der Waals surface area contributed by atoms with Crippen LogP contribution in [-0.4, -0.2) is 38.2 Å². The summed E-state index contributed by atoms with van der Waals surface area (Å²) in [5, 5.41) is 14.0. The first-order valence-electron chi connectivity index (χ1n) is 5.24. The van der Waals surface area contributed by atoms with E-state index in [1.807, 2.05) is 0 Å². The number of aromatic nitrogens is 4. The molecule has 1 amide bonds. The Bertz CT molecular complexity index is 508. The van der Waals surface area contributed by atoms with Gasteiger partial charge in [-0.1, -0.05) is 0 Å². The van der Waals surface area contributed by atoms with Gasteiger partial charge in [0.05, 0.1) is 6.20 Å². The summed E-state index contributed by atoms with van der Waals surface area (Å²) in [6, 6.07) is 3.16. The highest BCUT2D eigenvalue weighted by atomic mass is 16.2. The van der Waals surface area contributed by atoms with Gasteiger partial charge in [0.25, 0.3) is 5.91 Å². The quantitative estimate of drug-likeness (QED) is 0.507. The predicted octanol–water partition coefficient (Wildman–Crippen LogP) is -0.242. The maximum absolute atomic E-state index is 12.0. The van der Waals surface area contributed by atoms with Crippen molar-refractivity contribution in [1.82, 2.24) is 25.3 Å². The molecule has 0 unspecified atom stereocenters. The number of amides is 1. The first-order valence-corrected chi connectivity index (χ1v) is 5.24. The lowest BCUT2D eigenvalue weighted by atomic mass is 10.3. The minimum atomic E-state index is -0.215. The number of hydrazine groups is 1. The van der Waals surface area contributed by atoms with Crippen molar-refractivity contribution in [1.29, 1.82) is 0 Å². The number of rotatable bonds is 4. The van der Waals surface area contributed by atoms with E-state index >= 15 is 0 Å². The van der Waals surface area contributed by atoms with Crippen molar-refractivity contribution >= 4 is 11.7 Å². The Morgan fingerprint density at radius 3 is 2.89 bits per heavy atom. The van der Waals surface area contributed by atoms with Crippen molar-refractivity contribution in [3.8, 4) is 0 Å².